The lowest BCUT2D eigenvalue weighted by atomic mass is 10.1. The second-order valence-electron chi connectivity index (χ2n) is 7.24. The Bertz CT molecular complexity index is 817. The van der Waals surface area contributed by atoms with Crippen molar-refractivity contribution in [2.45, 2.75) is 39.3 Å². The van der Waals surface area contributed by atoms with E-state index in [1.165, 1.54) is 0 Å². The van der Waals surface area contributed by atoms with Crippen molar-refractivity contribution in [3.05, 3.63) is 53.6 Å². The fourth-order valence-corrected chi connectivity index (χ4v) is 3.58. The van der Waals surface area contributed by atoms with Gasteiger partial charge < -0.3 is 14.4 Å². The molecule has 0 aromatic heterocycles. The molecule has 5 heteroatoms. The van der Waals surface area contributed by atoms with Gasteiger partial charge in [-0.2, -0.15) is 0 Å². The Morgan fingerprint density at radius 2 is 1.86 bits per heavy atom. The molecule has 28 heavy (non-hydrogen) atoms. The monoisotopic (exact) mass is 382 g/mol. The first-order chi connectivity index (χ1) is 13.6. The normalized spacial score (nSPS) is 13.5. The Balaban J connectivity index is 1.78. The number of anilines is 1. The fourth-order valence-electron chi connectivity index (χ4n) is 3.58. The zero-order valence-corrected chi connectivity index (χ0v) is 17.3. The fraction of sp³-hybridized carbons (Fsp3) is 0.435. The van der Waals surface area contributed by atoms with E-state index in [1.807, 2.05) is 61.2 Å². The van der Waals surface area contributed by atoms with Gasteiger partial charge in [0, 0.05) is 30.4 Å². The number of hydrogen-bond acceptors (Lipinski definition) is 4. The molecule has 0 aliphatic heterocycles. The summed E-state index contributed by atoms with van der Waals surface area (Å²) in [5.74, 6) is 1.75. The van der Waals surface area contributed by atoms with Gasteiger partial charge in [-0.05, 0) is 56.5 Å². The Morgan fingerprint density at radius 1 is 1.11 bits per heavy atom. The quantitative estimate of drug-likeness (QED) is 0.657. The van der Waals surface area contributed by atoms with E-state index in [9.17, 15) is 4.79 Å². The molecule has 1 amide bonds. The summed E-state index contributed by atoms with van der Waals surface area (Å²) in [4.78, 5) is 17.3. The zero-order valence-electron chi connectivity index (χ0n) is 17.3. The van der Waals surface area contributed by atoms with Gasteiger partial charge in [0.05, 0.1) is 20.8 Å². The maximum atomic E-state index is 13.2. The zero-order chi connectivity index (χ0) is 20.1. The topological polar surface area (TPSA) is 42.0 Å². The lowest BCUT2D eigenvalue weighted by Crippen LogP contribution is -2.41. The summed E-state index contributed by atoms with van der Waals surface area (Å²) < 4.78 is 10.9. The number of likely N-dealkylation sites (N-methyl/N-ethyl adjacent to an activating group) is 1. The van der Waals surface area contributed by atoms with Gasteiger partial charge in [-0.15, -0.1) is 0 Å². The summed E-state index contributed by atoms with van der Waals surface area (Å²) in [5, 5.41) is 0. The largest absolute Gasteiger partial charge is 0.497 e. The number of para-hydroxylation sites is 1. The SMILES string of the molecule is CCN(C(=O)CN(Cc1cc(OC)ccc1OC)C1CC1)c1ccccc1C. The van der Waals surface area contributed by atoms with Crippen LogP contribution in [0.4, 0.5) is 5.69 Å². The van der Waals surface area contributed by atoms with E-state index >= 15 is 0 Å². The summed E-state index contributed by atoms with van der Waals surface area (Å²) in [6.45, 7) is 5.79. The van der Waals surface area contributed by atoms with Crippen LogP contribution in [-0.2, 0) is 11.3 Å². The van der Waals surface area contributed by atoms with Crippen LogP contribution in [0.1, 0.15) is 30.9 Å². The lowest BCUT2D eigenvalue weighted by Gasteiger charge is -2.28. The van der Waals surface area contributed by atoms with Crippen LogP contribution in [0.5, 0.6) is 11.5 Å². The lowest BCUT2D eigenvalue weighted by molar-refractivity contribution is -0.120. The minimum Gasteiger partial charge on any atom is -0.497 e. The van der Waals surface area contributed by atoms with Crippen molar-refractivity contribution in [3.8, 4) is 11.5 Å². The average molecular weight is 383 g/mol. The standard InChI is InChI=1S/C23H30N2O3/c1-5-25(21-9-7-6-8-17(21)2)23(26)16-24(19-10-11-19)15-18-14-20(27-3)12-13-22(18)28-4/h6-9,12-14,19H,5,10-11,15-16H2,1-4H3. The van der Waals surface area contributed by atoms with Crippen molar-refractivity contribution in [1.29, 1.82) is 0 Å². The maximum Gasteiger partial charge on any atom is 0.241 e. The Hall–Kier alpha value is -2.53. The van der Waals surface area contributed by atoms with E-state index in [0.29, 0.717) is 25.7 Å². The van der Waals surface area contributed by atoms with Crippen molar-refractivity contribution in [2.75, 3.05) is 32.2 Å². The molecule has 0 radical (unpaired) electrons. The summed E-state index contributed by atoms with van der Waals surface area (Å²) in [7, 11) is 3.34. The van der Waals surface area contributed by atoms with Crippen molar-refractivity contribution >= 4 is 11.6 Å². The molecular weight excluding hydrogens is 352 g/mol. The molecule has 150 valence electrons. The molecule has 0 spiro atoms. The van der Waals surface area contributed by atoms with Gasteiger partial charge in [-0.25, -0.2) is 0 Å². The molecular formula is C23H30N2O3. The molecule has 0 unspecified atom stereocenters. The Morgan fingerprint density at radius 3 is 2.46 bits per heavy atom. The highest BCUT2D eigenvalue weighted by molar-refractivity contribution is 5.95. The molecule has 0 atom stereocenters. The molecule has 0 bridgehead atoms. The van der Waals surface area contributed by atoms with Crippen LogP contribution < -0.4 is 14.4 Å². The number of hydrogen-bond donors (Lipinski definition) is 0. The first kappa shape index (κ1) is 20.2. The highest BCUT2D eigenvalue weighted by Crippen LogP contribution is 2.32. The molecule has 3 rings (SSSR count). The molecule has 0 saturated heterocycles. The molecule has 0 heterocycles. The van der Waals surface area contributed by atoms with Gasteiger partial charge in [0.15, 0.2) is 0 Å². The highest BCUT2D eigenvalue weighted by atomic mass is 16.5. The van der Waals surface area contributed by atoms with Crippen molar-refractivity contribution < 1.29 is 14.3 Å². The van der Waals surface area contributed by atoms with Crippen LogP contribution >= 0.6 is 0 Å². The number of amides is 1. The summed E-state index contributed by atoms with van der Waals surface area (Å²) >= 11 is 0. The van der Waals surface area contributed by atoms with Crippen LogP contribution in [0.3, 0.4) is 0 Å². The van der Waals surface area contributed by atoms with E-state index in [4.69, 9.17) is 9.47 Å². The highest BCUT2D eigenvalue weighted by Gasteiger charge is 2.32. The second-order valence-corrected chi connectivity index (χ2v) is 7.24. The van der Waals surface area contributed by atoms with Crippen LogP contribution in [0, 0.1) is 6.92 Å². The number of nitrogens with zero attached hydrogens (tertiary/aromatic N) is 2. The summed E-state index contributed by atoms with van der Waals surface area (Å²) in [6.07, 6.45) is 2.27. The maximum absolute atomic E-state index is 13.2. The molecule has 1 aliphatic carbocycles. The van der Waals surface area contributed by atoms with E-state index in [0.717, 1.165) is 41.2 Å². The number of carbonyl (C=O) groups is 1. The van der Waals surface area contributed by atoms with E-state index in [1.54, 1.807) is 14.2 Å². The third-order valence-corrected chi connectivity index (χ3v) is 5.29. The molecule has 2 aromatic rings. The van der Waals surface area contributed by atoms with Gasteiger partial charge in [0.1, 0.15) is 11.5 Å². The third-order valence-electron chi connectivity index (χ3n) is 5.29. The predicted octanol–water partition coefficient (Wildman–Crippen LogP) is 4.03. The van der Waals surface area contributed by atoms with E-state index in [-0.39, 0.29) is 5.91 Å². The van der Waals surface area contributed by atoms with Gasteiger partial charge in [0.25, 0.3) is 0 Å². The first-order valence-corrected chi connectivity index (χ1v) is 9.88. The van der Waals surface area contributed by atoms with Crippen LogP contribution in [0.2, 0.25) is 0 Å². The number of ether oxygens (including phenoxy) is 2. The average Bonchev–Trinajstić information content (AvgIpc) is 3.54. The number of rotatable bonds is 9. The molecule has 0 N–H and O–H groups in total. The second kappa shape index (κ2) is 9.11. The van der Waals surface area contributed by atoms with Gasteiger partial charge in [0.2, 0.25) is 5.91 Å². The smallest absolute Gasteiger partial charge is 0.241 e. The van der Waals surface area contributed by atoms with Crippen LogP contribution in [0.25, 0.3) is 0 Å². The molecule has 5 nitrogen and oxygen atoms in total. The Kier molecular flexibility index (Phi) is 6.57. The van der Waals surface area contributed by atoms with Crippen molar-refractivity contribution in [1.82, 2.24) is 4.90 Å². The molecule has 1 saturated carbocycles. The predicted molar refractivity (Wildman–Crippen MR) is 112 cm³/mol. The molecule has 1 aliphatic rings. The third kappa shape index (κ3) is 4.65. The number of methoxy groups -OCH3 is 2. The number of carbonyl (C=O) groups excluding carboxylic acids is 1. The Labute approximate surface area is 167 Å². The van der Waals surface area contributed by atoms with Crippen LogP contribution in [0.15, 0.2) is 42.5 Å². The molecule has 1 fully saturated rings. The van der Waals surface area contributed by atoms with Crippen molar-refractivity contribution in [2.24, 2.45) is 0 Å². The van der Waals surface area contributed by atoms with Crippen molar-refractivity contribution in [3.63, 3.8) is 0 Å². The van der Waals surface area contributed by atoms with Crippen LogP contribution in [-0.4, -0.2) is 44.2 Å². The molecule has 2 aromatic carbocycles. The first-order valence-electron chi connectivity index (χ1n) is 9.88. The summed E-state index contributed by atoms with van der Waals surface area (Å²) in [5.41, 5.74) is 3.15. The van der Waals surface area contributed by atoms with E-state index < -0.39 is 0 Å². The van der Waals surface area contributed by atoms with Gasteiger partial charge in [-0.1, -0.05) is 18.2 Å². The minimum absolute atomic E-state index is 0.130. The number of benzene rings is 2. The number of aryl methyl sites for hydroxylation is 1. The van der Waals surface area contributed by atoms with E-state index in [2.05, 4.69) is 4.90 Å². The van der Waals surface area contributed by atoms with Gasteiger partial charge >= 0.3 is 0 Å². The van der Waals surface area contributed by atoms with Gasteiger partial charge in [-0.3, -0.25) is 9.69 Å². The minimum atomic E-state index is 0.130. The summed E-state index contributed by atoms with van der Waals surface area (Å²) in [6, 6.07) is 14.3.